The van der Waals surface area contributed by atoms with Gasteiger partial charge in [-0.3, -0.25) is 9.36 Å². The predicted octanol–water partition coefficient (Wildman–Crippen LogP) is 2.15. The molecule has 0 saturated carbocycles. The number of aromatic nitrogens is 1. The highest BCUT2D eigenvalue weighted by Crippen LogP contribution is 2.06. The Balaban J connectivity index is 3.42. The third-order valence-electron chi connectivity index (χ3n) is 2.06. The monoisotopic (exact) mass is 231 g/mol. The van der Waals surface area contributed by atoms with Gasteiger partial charge in [0.15, 0.2) is 0 Å². The maximum Gasteiger partial charge on any atom is 0.337 e. The molecule has 0 aliphatic carbocycles. The molecule has 4 nitrogen and oxygen atoms in total. The van der Waals surface area contributed by atoms with Gasteiger partial charge >= 0.3 is 5.97 Å². The highest BCUT2D eigenvalue weighted by molar-refractivity contribution is 5.87. The summed E-state index contributed by atoms with van der Waals surface area (Å²) < 4.78 is 1.27. The summed E-state index contributed by atoms with van der Waals surface area (Å²) in [4.78, 5) is 22.5. The van der Waals surface area contributed by atoms with E-state index in [4.69, 9.17) is 5.11 Å². The summed E-state index contributed by atoms with van der Waals surface area (Å²) in [5.41, 5.74) is 0.334. The van der Waals surface area contributed by atoms with Crippen molar-refractivity contribution in [1.82, 2.24) is 4.57 Å². The Morgan fingerprint density at radius 3 is 2.71 bits per heavy atom. The van der Waals surface area contributed by atoms with Gasteiger partial charge in [-0.15, -0.1) is 0 Å². The number of rotatable bonds is 4. The fourth-order valence-corrected chi connectivity index (χ4v) is 1.32. The number of carboxylic acids is 1. The Bertz CT molecular complexity index is 550. The van der Waals surface area contributed by atoms with Crippen LogP contribution in [0.2, 0.25) is 0 Å². The van der Waals surface area contributed by atoms with Gasteiger partial charge in [0.25, 0.3) is 5.56 Å². The fraction of sp³-hybridized carbons (Fsp3) is 0.0769. The van der Waals surface area contributed by atoms with Crippen LogP contribution in [-0.4, -0.2) is 15.6 Å². The van der Waals surface area contributed by atoms with Crippen molar-refractivity contribution in [2.75, 3.05) is 0 Å². The van der Waals surface area contributed by atoms with Gasteiger partial charge in [-0.05, 0) is 25.1 Å². The van der Waals surface area contributed by atoms with E-state index in [-0.39, 0.29) is 11.1 Å². The van der Waals surface area contributed by atoms with Crippen LogP contribution in [0.3, 0.4) is 0 Å². The van der Waals surface area contributed by atoms with Crippen LogP contribution < -0.4 is 5.56 Å². The molecule has 0 unspecified atom stereocenters. The first-order chi connectivity index (χ1) is 8.10. The normalized spacial score (nSPS) is 11.7. The lowest BCUT2D eigenvalue weighted by Gasteiger charge is -2.06. The van der Waals surface area contributed by atoms with E-state index in [0.717, 1.165) is 0 Å². The number of allylic oxidation sites excluding steroid dienone is 5. The van der Waals surface area contributed by atoms with Crippen molar-refractivity contribution < 1.29 is 9.90 Å². The zero-order valence-corrected chi connectivity index (χ0v) is 9.46. The van der Waals surface area contributed by atoms with E-state index in [1.165, 1.54) is 29.0 Å². The van der Waals surface area contributed by atoms with E-state index in [9.17, 15) is 9.59 Å². The lowest BCUT2D eigenvalue weighted by molar-refractivity contribution is 0.0696. The lowest BCUT2D eigenvalue weighted by Crippen LogP contribution is -2.18. The van der Waals surface area contributed by atoms with Crippen molar-refractivity contribution in [3.8, 4) is 0 Å². The van der Waals surface area contributed by atoms with Gasteiger partial charge in [0.05, 0.1) is 5.56 Å². The molecule has 0 amide bonds. The predicted molar refractivity (Wildman–Crippen MR) is 66.9 cm³/mol. The Hall–Kier alpha value is -2.36. The molecule has 0 atom stereocenters. The molecule has 1 heterocycles. The maximum absolute atomic E-state index is 11.6. The zero-order chi connectivity index (χ0) is 12.8. The second kappa shape index (κ2) is 5.65. The minimum absolute atomic E-state index is 0.0593. The summed E-state index contributed by atoms with van der Waals surface area (Å²) >= 11 is 0. The van der Waals surface area contributed by atoms with Crippen molar-refractivity contribution in [2.24, 2.45) is 0 Å². The van der Waals surface area contributed by atoms with E-state index >= 15 is 0 Å². The first-order valence-corrected chi connectivity index (χ1v) is 5.02. The molecule has 88 valence electrons. The Morgan fingerprint density at radius 1 is 1.47 bits per heavy atom. The van der Waals surface area contributed by atoms with Crippen LogP contribution in [0.5, 0.6) is 0 Å². The van der Waals surface area contributed by atoms with Crippen molar-refractivity contribution in [3.05, 3.63) is 65.1 Å². The fourth-order valence-electron chi connectivity index (χ4n) is 1.32. The number of nitrogens with zero attached hydrogens (tertiary/aromatic N) is 1. The quantitative estimate of drug-likeness (QED) is 0.808. The van der Waals surface area contributed by atoms with Crippen LogP contribution in [-0.2, 0) is 0 Å². The van der Waals surface area contributed by atoms with Gasteiger partial charge in [-0.25, -0.2) is 4.79 Å². The number of aromatic carboxylic acids is 1. The summed E-state index contributed by atoms with van der Waals surface area (Å²) in [6.45, 7) is 5.36. The molecular weight excluding hydrogens is 218 g/mol. The van der Waals surface area contributed by atoms with E-state index in [1.54, 1.807) is 18.2 Å². The lowest BCUT2D eigenvalue weighted by atomic mass is 10.2. The molecule has 1 aromatic heterocycles. The van der Waals surface area contributed by atoms with Gasteiger partial charge in [0, 0.05) is 18.0 Å². The molecule has 0 bridgehead atoms. The topological polar surface area (TPSA) is 59.3 Å². The van der Waals surface area contributed by atoms with Crippen molar-refractivity contribution >= 4 is 11.7 Å². The van der Waals surface area contributed by atoms with Crippen molar-refractivity contribution in [1.29, 1.82) is 0 Å². The second-order valence-corrected chi connectivity index (χ2v) is 3.26. The third kappa shape index (κ3) is 3.04. The van der Waals surface area contributed by atoms with E-state index in [2.05, 4.69) is 6.58 Å². The van der Waals surface area contributed by atoms with Gasteiger partial charge in [-0.2, -0.15) is 0 Å². The van der Waals surface area contributed by atoms with Crippen LogP contribution in [0.4, 0.5) is 0 Å². The van der Waals surface area contributed by atoms with Crippen LogP contribution in [0.1, 0.15) is 17.3 Å². The summed E-state index contributed by atoms with van der Waals surface area (Å²) in [6, 6.07) is 2.51. The van der Waals surface area contributed by atoms with Crippen LogP contribution >= 0.6 is 0 Å². The average Bonchev–Trinajstić information content (AvgIpc) is 2.29. The molecular formula is C13H13NO3. The number of hydrogen-bond acceptors (Lipinski definition) is 2. The van der Waals surface area contributed by atoms with E-state index < -0.39 is 5.97 Å². The molecule has 17 heavy (non-hydrogen) atoms. The standard InChI is InChI=1S/C13H13NO3/c1-3-5-11(6-4-2)14-9-10(13(16)17)7-8-12(14)15/h3-9H,1H2,2H3,(H,16,17). The molecule has 1 aromatic rings. The van der Waals surface area contributed by atoms with Crippen LogP contribution in [0.15, 0.2) is 54.0 Å². The number of pyridine rings is 1. The summed E-state index contributed by atoms with van der Waals surface area (Å²) in [6.07, 6.45) is 7.92. The first kappa shape index (κ1) is 12.7. The third-order valence-corrected chi connectivity index (χ3v) is 2.06. The summed E-state index contributed by atoms with van der Waals surface area (Å²) in [5, 5.41) is 8.87. The van der Waals surface area contributed by atoms with Gasteiger partial charge < -0.3 is 5.11 Å². The average molecular weight is 231 g/mol. The maximum atomic E-state index is 11.6. The Labute approximate surface area is 98.8 Å². The molecule has 1 rings (SSSR count). The van der Waals surface area contributed by atoms with Gasteiger partial charge in [-0.1, -0.05) is 18.7 Å². The Morgan fingerprint density at radius 2 is 2.18 bits per heavy atom. The SMILES string of the molecule is C=CC=C(C=CC)n1cc(C(=O)O)ccc1=O. The highest BCUT2D eigenvalue weighted by atomic mass is 16.4. The molecule has 1 N–H and O–H groups in total. The molecule has 0 aliphatic heterocycles. The first-order valence-electron chi connectivity index (χ1n) is 5.02. The molecule has 0 spiro atoms. The molecule has 0 saturated heterocycles. The van der Waals surface area contributed by atoms with E-state index in [1.807, 2.05) is 6.92 Å². The Kier molecular flexibility index (Phi) is 4.22. The van der Waals surface area contributed by atoms with Crippen LogP contribution in [0, 0.1) is 0 Å². The largest absolute Gasteiger partial charge is 0.478 e. The highest BCUT2D eigenvalue weighted by Gasteiger charge is 2.06. The molecule has 4 heteroatoms. The number of hydrogen-bond donors (Lipinski definition) is 1. The van der Waals surface area contributed by atoms with Crippen molar-refractivity contribution in [2.45, 2.75) is 6.92 Å². The summed E-state index contributed by atoms with van der Waals surface area (Å²) in [5.74, 6) is -1.07. The minimum Gasteiger partial charge on any atom is -0.478 e. The smallest absolute Gasteiger partial charge is 0.337 e. The molecule has 0 fully saturated rings. The van der Waals surface area contributed by atoms with Crippen LogP contribution in [0.25, 0.3) is 5.70 Å². The zero-order valence-electron chi connectivity index (χ0n) is 9.46. The molecule has 0 aliphatic rings. The van der Waals surface area contributed by atoms with Crippen molar-refractivity contribution in [3.63, 3.8) is 0 Å². The molecule has 0 radical (unpaired) electrons. The summed E-state index contributed by atoms with van der Waals surface area (Å²) in [7, 11) is 0. The van der Waals surface area contributed by atoms with Gasteiger partial charge in [0.2, 0.25) is 0 Å². The second-order valence-electron chi connectivity index (χ2n) is 3.26. The van der Waals surface area contributed by atoms with Gasteiger partial charge in [0.1, 0.15) is 0 Å². The molecule has 0 aromatic carbocycles. The minimum atomic E-state index is -1.07. The number of carboxylic acid groups (broad SMARTS) is 1. The number of carbonyl (C=O) groups is 1. The van der Waals surface area contributed by atoms with E-state index in [0.29, 0.717) is 5.70 Å².